The third-order valence-electron chi connectivity index (χ3n) is 8.61. The van der Waals surface area contributed by atoms with Crippen LogP contribution in [0.1, 0.15) is 56.9 Å². The second-order valence-electron chi connectivity index (χ2n) is 11.5. The number of halogens is 2. The molecule has 0 radical (unpaired) electrons. The first-order valence-electron chi connectivity index (χ1n) is 14.6. The monoisotopic (exact) mass is 568 g/mol. The Morgan fingerprint density at radius 1 is 1.02 bits per heavy atom. The lowest BCUT2D eigenvalue weighted by Crippen LogP contribution is -2.47. The molecule has 3 fully saturated rings. The Morgan fingerprint density at radius 3 is 2.44 bits per heavy atom. The number of nitrogens with one attached hydrogen (secondary N) is 2. The van der Waals surface area contributed by atoms with E-state index < -0.39 is 23.7 Å². The molecule has 0 saturated carbocycles. The number of hydrogen-bond donors (Lipinski definition) is 2. The molecule has 41 heavy (non-hydrogen) atoms. The van der Waals surface area contributed by atoms with Crippen LogP contribution in [-0.4, -0.2) is 60.7 Å². The molecular weight excluding hydrogens is 530 g/mol. The Balaban J connectivity index is 1.03. The summed E-state index contributed by atoms with van der Waals surface area (Å²) in [6.07, 6.45) is 3.85. The van der Waals surface area contributed by atoms with Crippen molar-refractivity contribution in [3.05, 3.63) is 59.9 Å². The number of ether oxygens (including phenoxy) is 1. The predicted octanol–water partition coefficient (Wildman–Crippen LogP) is 5.18. The fourth-order valence-corrected chi connectivity index (χ4v) is 5.96. The van der Waals surface area contributed by atoms with Gasteiger partial charge in [-0.15, -0.1) is 0 Å². The average Bonchev–Trinajstić information content (AvgIpc) is 2.98. The van der Waals surface area contributed by atoms with Crippen molar-refractivity contribution >= 4 is 29.3 Å². The summed E-state index contributed by atoms with van der Waals surface area (Å²) < 4.78 is 36.0. The summed E-state index contributed by atoms with van der Waals surface area (Å²) in [5, 5.41) is 5.31. The van der Waals surface area contributed by atoms with Gasteiger partial charge in [0.15, 0.2) is 0 Å². The summed E-state index contributed by atoms with van der Waals surface area (Å²) in [5.41, 5.74) is 0.667. The molecule has 0 aromatic heterocycles. The summed E-state index contributed by atoms with van der Waals surface area (Å²) in [6, 6.07) is 13.8. The van der Waals surface area contributed by atoms with E-state index in [1.165, 1.54) is 6.07 Å². The van der Waals surface area contributed by atoms with Gasteiger partial charge in [0, 0.05) is 38.3 Å². The van der Waals surface area contributed by atoms with E-state index in [-0.39, 0.29) is 24.8 Å². The summed E-state index contributed by atoms with van der Waals surface area (Å²) in [6.45, 7) is 2.32. The second-order valence-corrected chi connectivity index (χ2v) is 11.5. The SMILES string of the molecule is O=C1CCC(Nc2ccc(N3CCC(CCC4(F)CCN(C(=O)OCc5ccccc5)CC4)CC3)c(F)c2)C(=O)N1. The molecule has 10 heteroatoms. The quantitative estimate of drug-likeness (QED) is 0.427. The van der Waals surface area contributed by atoms with Crippen molar-refractivity contribution in [1.82, 2.24) is 10.2 Å². The summed E-state index contributed by atoms with van der Waals surface area (Å²) in [5.74, 6) is -0.668. The molecule has 8 nitrogen and oxygen atoms in total. The number of amides is 3. The van der Waals surface area contributed by atoms with Gasteiger partial charge in [-0.1, -0.05) is 30.3 Å². The molecular formula is C31H38F2N4O4. The number of benzene rings is 2. The van der Waals surface area contributed by atoms with E-state index >= 15 is 4.39 Å². The minimum Gasteiger partial charge on any atom is -0.445 e. The van der Waals surface area contributed by atoms with Crippen molar-refractivity contribution in [2.45, 2.75) is 69.7 Å². The number of hydrogen-bond acceptors (Lipinski definition) is 6. The van der Waals surface area contributed by atoms with Crippen molar-refractivity contribution in [3.63, 3.8) is 0 Å². The molecule has 2 N–H and O–H groups in total. The average molecular weight is 569 g/mol. The normalized spacial score (nSPS) is 21.4. The van der Waals surface area contributed by atoms with Gasteiger partial charge in [-0.25, -0.2) is 13.6 Å². The van der Waals surface area contributed by atoms with E-state index in [0.717, 1.165) is 24.8 Å². The van der Waals surface area contributed by atoms with Gasteiger partial charge in [-0.2, -0.15) is 0 Å². The summed E-state index contributed by atoms with van der Waals surface area (Å²) in [7, 11) is 0. The first-order chi connectivity index (χ1) is 19.8. The van der Waals surface area contributed by atoms with Gasteiger partial charge in [0.25, 0.3) is 0 Å². The molecule has 220 valence electrons. The van der Waals surface area contributed by atoms with Crippen molar-refractivity contribution in [1.29, 1.82) is 0 Å². The fourth-order valence-electron chi connectivity index (χ4n) is 5.96. The third-order valence-corrected chi connectivity index (χ3v) is 8.61. The Bertz CT molecular complexity index is 1230. The highest BCUT2D eigenvalue weighted by Gasteiger charge is 2.37. The van der Waals surface area contributed by atoms with Crippen molar-refractivity contribution < 1.29 is 27.9 Å². The Hall–Kier alpha value is -3.69. The molecule has 3 aliphatic heterocycles. The van der Waals surface area contributed by atoms with Crippen LogP contribution in [0.15, 0.2) is 48.5 Å². The van der Waals surface area contributed by atoms with Gasteiger partial charge in [0.1, 0.15) is 24.1 Å². The largest absolute Gasteiger partial charge is 0.445 e. The number of rotatable bonds is 8. The maximum atomic E-state index is 15.6. The van der Waals surface area contributed by atoms with Crippen molar-refractivity contribution in [3.8, 4) is 0 Å². The number of piperidine rings is 3. The number of carbonyl (C=O) groups is 3. The van der Waals surface area contributed by atoms with Gasteiger partial charge >= 0.3 is 6.09 Å². The maximum absolute atomic E-state index is 15.6. The Kier molecular flexibility index (Phi) is 9.05. The summed E-state index contributed by atoms with van der Waals surface area (Å²) in [4.78, 5) is 39.3. The van der Waals surface area contributed by atoms with Gasteiger partial charge < -0.3 is 19.9 Å². The lowest BCUT2D eigenvalue weighted by molar-refractivity contribution is -0.133. The van der Waals surface area contributed by atoms with Crippen LogP contribution in [0.3, 0.4) is 0 Å². The highest BCUT2D eigenvalue weighted by molar-refractivity contribution is 6.01. The molecule has 3 saturated heterocycles. The number of carbonyl (C=O) groups excluding carboxylic acids is 3. The first kappa shape index (κ1) is 28.8. The van der Waals surface area contributed by atoms with Crippen LogP contribution >= 0.6 is 0 Å². The zero-order chi connectivity index (χ0) is 28.8. The molecule has 3 aliphatic rings. The summed E-state index contributed by atoms with van der Waals surface area (Å²) >= 11 is 0. The fraction of sp³-hybridized carbons (Fsp3) is 0.516. The minimum atomic E-state index is -1.27. The van der Waals surface area contributed by atoms with E-state index in [1.807, 2.05) is 35.2 Å². The van der Waals surface area contributed by atoms with Gasteiger partial charge in [0.05, 0.1) is 5.69 Å². The predicted molar refractivity (Wildman–Crippen MR) is 152 cm³/mol. The van der Waals surface area contributed by atoms with Gasteiger partial charge in [-0.3, -0.25) is 14.9 Å². The molecule has 1 atom stereocenters. The van der Waals surface area contributed by atoms with Gasteiger partial charge in [0.2, 0.25) is 11.8 Å². The van der Waals surface area contributed by atoms with E-state index in [2.05, 4.69) is 10.6 Å². The van der Waals surface area contributed by atoms with Crippen LogP contribution in [0.2, 0.25) is 0 Å². The first-order valence-corrected chi connectivity index (χ1v) is 14.6. The number of nitrogens with zero attached hydrogens (tertiary/aromatic N) is 2. The topological polar surface area (TPSA) is 91.0 Å². The Labute approximate surface area is 239 Å². The van der Waals surface area contributed by atoms with Crippen LogP contribution in [0.25, 0.3) is 0 Å². The molecule has 2 aromatic carbocycles. The molecule has 2 aromatic rings. The Morgan fingerprint density at radius 2 is 1.76 bits per heavy atom. The van der Waals surface area contributed by atoms with E-state index in [4.69, 9.17) is 4.74 Å². The lowest BCUT2D eigenvalue weighted by atomic mass is 9.83. The second kappa shape index (κ2) is 12.9. The van der Waals surface area contributed by atoms with Gasteiger partial charge in [-0.05, 0) is 74.6 Å². The molecule has 5 rings (SSSR count). The van der Waals surface area contributed by atoms with Crippen LogP contribution in [0.4, 0.5) is 25.0 Å². The molecule has 3 heterocycles. The third kappa shape index (κ3) is 7.54. The molecule has 0 aliphatic carbocycles. The number of likely N-dealkylation sites (tertiary alicyclic amines) is 1. The highest BCUT2D eigenvalue weighted by atomic mass is 19.1. The minimum absolute atomic E-state index is 0.211. The smallest absolute Gasteiger partial charge is 0.410 e. The van der Waals surface area contributed by atoms with Crippen molar-refractivity contribution in [2.75, 3.05) is 36.4 Å². The highest BCUT2D eigenvalue weighted by Crippen LogP contribution is 2.36. The van der Waals surface area contributed by atoms with Crippen molar-refractivity contribution in [2.24, 2.45) is 5.92 Å². The van der Waals surface area contributed by atoms with Crippen LogP contribution < -0.4 is 15.5 Å². The van der Waals surface area contributed by atoms with Crippen LogP contribution in [0.5, 0.6) is 0 Å². The molecule has 0 bridgehead atoms. The maximum Gasteiger partial charge on any atom is 0.410 e. The zero-order valence-corrected chi connectivity index (χ0v) is 23.2. The standard InChI is InChI=1S/C31H38F2N4O4/c32-25-20-24(34-26-7-9-28(38)35-29(26)39)6-8-27(25)36-16-11-22(12-17-36)10-13-31(33)14-18-37(19-15-31)30(40)41-21-23-4-2-1-3-5-23/h1-6,8,20,22,26,34H,7,9-19,21H2,(H,35,38,39). The van der Waals surface area contributed by atoms with Crippen LogP contribution in [-0.2, 0) is 20.9 Å². The molecule has 3 amide bonds. The molecule has 1 unspecified atom stereocenters. The number of alkyl halides is 1. The lowest BCUT2D eigenvalue weighted by Gasteiger charge is -2.38. The number of imide groups is 1. The van der Waals surface area contributed by atoms with E-state index in [9.17, 15) is 18.8 Å². The van der Waals surface area contributed by atoms with E-state index in [1.54, 1.807) is 17.0 Å². The zero-order valence-electron chi connectivity index (χ0n) is 23.2. The molecule has 0 spiro atoms. The van der Waals surface area contributed by atoms with Crippen LogP contribution in [0, 0.1) is 11.7 Å². The number of anilines is 2. The van der Waals surface area contributed by atoms with E-state index in [0.29, 0.717) is 69.2 Å².